The van der Waals surface area contributed by atoms with Crippen molar-refractivity contribution in [1.82, 2.24) is 9.97 Å². The zero-order valence-electron chi connectivity index (χ0n) is 15.6. The Labute approximate surface area is 165 Å². The van der Waals surface area contributed by atoms with Crippen LogP contribution in [-0.4, -0.2) is 33.6 Å². The monoisotopic (exact) mass is 396 g/mol. The molecule has 4 rings (SSSR count). The van der Waals surface area contributed by atoms with Crippen LogP contribution in [0, 0.1) is 6.92 Å². The smallest absolute Gasteiger partial charge is 0.229 e. The average molecular weight is 396 g/mol. The first-order valence-electron chi connectivity index (χ1n) is 8.79. The third kappa shape index (κ3) is 4.07. The van der Waals surface area contributed by atoms with Crippen LogP contribution in [0.15, 0.2) is 53.6 Å². The molecule has 8 heteroatoms. The Morgan fingerprint density at radius 3 is 2.57 bits per heavy atom. The van der Waals surface area contributed by atoms with Gasteiger partial charge in [-0.15, -0.1) is 0 Å². The van der Waals surface area contributed by atoms with E-state index in [1.165, 1.54) is 0 Å². The summed E-state index contributed by atoms with van der Waals surface area (Å²) in [5.41, 5.74) is 2.76. The van der Waals surface area contributed by atoms with Crippen molar-refractivity contribution in [2.45, 2.75) is 11.8 Å². The minimum absolute atomic E-state index is 0.390. The highest BCUT2D eigenvalue weighted by Crippen LogP contribution is 2.33. The number of fused-ring (bicyclic) bond motifs is 1. The van der Waals surface area contributed by atoms with Crippen LogP contribution in [0.3, 0.4) is 0 Å². The van der Waals surface area contributed by atoms with Gasteiger partial charge < -0.3 is 20.1 Å². The van der Waals surface area contributed by atoms with E-state index in [2.05, 4.69) is 20.6 Å². The highest BCUT2D eigenvalue weighted by atomic mass is 32.2. The van der Waals surface area contributed by atoms with E-state index in [9.17, 15) is 4.21 Å². The SMILES string of the molecule is Cc1cccc(Nc2nc(Nc3ccc4c(c3)OCCO4)ncc2S(C)=O)c1. The van der Waals surface area contributed by atoms with Crippen LogP contribution in [0.4, 0.5) is 23.1 Å². The van der Waals surface area contributed by atoms with Crippen molar-refractivity contribution in [3.05, 3.63) is 54.2 Å². The maximum Gasteiger partial charge on any atom is 0.229 e. The molecule has 28 heavy (non-hydrogen) atoms. The maximum atomic E-state index is 12.1. The van der Waals surface area contributed by atoms with Gasteiger partial charge in [-0.1, -0.05) is 12.1 Å². The normalized spacial score (nSPS) is 13.6. The van der Waals surface area contributed by atoms with E-state index < -0.39 is 10.8 Å². The summed E-state index contributed by atoms with van der Waals surface area (Å²) in [6, 6.07) is 13.5. The van der Waals surface area contributed by atoms with Crippen LogP contribution in [0.25, 0.3) is 0 Å². The first-order valence-corrected chi connectivity index (χ1v) is 10.3. The van der Waals surface area contributed by atoms with Gasteiger partial charge in [0.15, 0.2) is 17.3 Å². The van der Waals surface area contributed by atoms with Gasteiger partial charge in [-0.05, 0) is 36.8 Å². The second-order valence-corrected chi connectivity index (χ2v) is 7.69. The Balaban J connectivity index is 1.62. The lowest BCUT2D eigenvalue weighted by atomic mass is 10.2. The Kier molecular flexibility index (Phi) is 5.12. The van der Waals surface area contributed by atoms with Gasteiger partial charge in [0, 0.05) is 23.7 Å². The predicted molar refractivity (Wildman–Crippen MR) is 110 cm³/mol. The third-order valence-electron chi connectivity index (χ3n) is 4.14. The van der Waals surface area contributed by atoms with Crippen LogP contribution in [0.1, 0.15) is 5.56 Å². The molecule has 2 N–H and O–H groups in total. The molecule has 0 spiro atoms. The number of aryl methyl sites for hydroxylation is 1. The van der Waals surface area contributed by atoms with Crippen LogP contribution in [0.2, 0.25) is 0 Å². The van der Waals surface area contributed by atoms with E-state index in [1.807, 2.05) is 49.4 Å². The number of benzene rings is 2. The molecule has 0 saturated carbocycles. The number of hydrogen-bond donors (Lipinski definition) is 2. The topological polar surface area (TPSA) is 85.4 Å². The molecule has 0 saturated heterocycles. The molecule has 2 aromatic carbocycles. The number of nitrogens with zero attached hydrogens (tertiary/aromatic N) is 2. The molecule has 3 aromatic rings. The number of aromatic nitrogens is 2. The van der Waals surface area contributed by atoms with Crippen molar-refractivity contribution in [3.8, 4) is 11.5 Å². The van der Waals surface area contributed by atoms with Gasteiger partial charge in [0.1, 0.15) is 13.2 Å². The van der Waals surface area contributed by atoms with Gasteiger partial charge in [-0.25, -0.2) is 4.98 Å². The van der Waals surface area contributed by atoms with E-state index >= 15 is 0 Å². The molecular formula is C20H20N4O3S. The average Bonchev–Trinajstić information content (AvgIpc) is 2.68. The minimum atomic E-state index is -1.23. The van der Waals surface area contributed by atoms with Crippen molar-refractivity contribution >= 4 is 33.9 Å². The molecule has 1 unspecified atom stereocenters. The molecule has 1 atom stereocenters. The van der Waals surface area contributed by atoms with E-state index in [4.69, 9.17) is 9.47 Å². The summed E-state index contributed by atoms with van der Waals surface area (Å²) < 4.78 is 23.2. The standard InChI is InChI=1S/C20H20N4O3S/c1-13-4-3-5-14(10-13)22-19-18(28(2)25)12-21-20(24-19)23-15-6-7-16-17(11-15)27-9-8-26-16/h3-7,10-12H,8-9H2,1-2H3,(H2,21,22,23,24). The lowest BCUT2D eigenvalue weighted by Crippen LogP contribution is -2.15. The Morgan fingerprint density at radius 1 is 1.00 bits per heavy atom. The molecule has 0 aliphatic carbocycles. The maximum absolute atomic E-state index is 12.1. The number of hydrogen-bond acceptors (Lipinski definition) is 7. The highest BCUT2D eigenvalue weighted by Gasteiger charge is 2.14. The summed E-state index contributed by atoms with van der Waals surface area (Å²) in [7, 11) is -1.23. The van der Waals surface area contributed by atoms with Crippen molar-refractivity contribution < 1.29 is 13.7 Å². The van der Waals surface area contributed by atoms with Crippen LogP contribution >= 0.6 is 0 Å². The quantitative estimate of drug-likeness (QED) is 0.679. The van der Waals surface area contributed by atoms with Gasteiger partial charge in [0.25, 0.3) is 0 Å². The first-order chi connectivity index (χ1) is 13.6. The zero-order chi connectivity index (χ0) is 19.5. The molecule has 0 fully saturated rings. The molecule has 7 nitrogen and oxygen atoms in total. The summed E-state index contributed by atoms with van der Waals surface area (Å²) in [6.07, 6.45) is 3.18. The first kappa shape index (κ1) is 18.2. The molecular weight excluding hydrogens is 376 g/mol. The van der Waals surface area contributed by atoms with Crippen LogP contribution in [-0.2, 0) is 10.8 Å². The molecule has 1 aliphatic rings. The number of rotatable bonds is 5. The summed E-state index contributed by atoms with van der Waals surface area (Å²) >= 11 is 0. The molecule has 0 bridgehead atoms. The Bertz CT molecular complexity index is 1040. The second-order valence-electron chi connectivity index (χ2n) is 6.34. The molecule has 1 aromatic heterocycles. The van der Waals surface area contributed by atoms with E-state index in [0.717, 1.165) is 22.7 Å². The number of nitrogens with one attached hydrogen (secondary N) is 2. The van der Waals surface area contributed by atoms with Gasteiger partial charge in [-0.3, -0.25) is 4.21 Å². The van der Waals surface area contributed by atoms with E-state index in [1.54, 1.807) is 12.5 Å². The summed E-state index contributed by atoms with van der Waals surface area (Å²) in [6.45, 7) is 3.08. The number of ether oxygens (including phenoxy) is 2. The van der Waals surface area contributed by atoms with Crippen molar-refractivity contribution in [2.75, 3.05) is 30.1 Å². The Hall–Kier alpha value is -3.13. The lowest BCUT2D eigenvalue weighted by molar-refractivity contribution is 0.171. The largest absolute Gasteiger partial charge is 0.486 e. The zero-order valence-corrected chi connectivity index (χ0v) is 16.4. The summed E-state index contributed by atoms with van der Waals surface area (Å²) in [4.78, 5) is 9.36. The Morgan fingerprint density at radius 2 is 1.79 bits per heavy atom. The van der Waals surface area contributed by atoms with Gasteiger partial charge >= 0.3 is 0 Å². The predicted octanol–water partition coefficient (Wildman–Crippen LogP) is 3.78. The molecule has 144 valence electrons. The molecule has 2 heterocycles. The van der Waals surface area contributed by atoms with Crippen molar-refractivity contribution in [1.29, 1.82) is 0 Å². The molecule has 0 amide bonds. The van der Waals surface area contributed by atoms with Gasteiger partial charge in [-0.2, -0.15) is 4.98 Å². The fourth-order valence-electron chi connectivity index (χ4n) is 2.84. The lowest BCUT2D eigenvalue weighted by Gasteiger charge is -2.19. The van der Waals surface area contributed by atoms with Crippen LogP contribution < -0.4 is 20.1 Å². The van der Waals surface area contributed by atoms with Crippen molar-refractivity contribution in [3.63, 3.8) is 0 Å². The molecule has 1 aliphatic heterocycles. The van der Waals surface area contributed by atoms with E-state index in [-0.39, 0.29) is 0 Å². The van der Waals surface area contributed by atoms with Gasteiger partial charge in [0.05, 0.1) is 21.9 Å². The summed E-state index contributed by atoms with van der Waals surface area (Å²) in [5.74, 6) is 2.29. The van der Waals surface area contributed by atoms with Crippen LogP contribution in [0.5, 0.6) is 11.5 Å². The minimum Gasteiger partial charge on any atom is -0.486 e. The molecule has 0 radical (unpaired) electrons. The van der Waals surface area contributed by atoms with E-state index in [0.29, 0.717) is 35.6 Å². The fourth-order valence-corrected chi connectivity index (χ4v) is 3.41. The third-order valence-corrected chi connectivity index (χ3v) is 5.06. The van der Waals surface area contributed by atoms with Crippen molar-refractivity contribution in [2.24, 2.45) is 0 Å². The fraction of sp³-hybridized carbons (Fsp3) is 0.200. The second kappa shape index (κ2) is 7.85. The summed E-state index contributed by atoms with van der Waals surface area (Å²) in [5, 5.41) is 6.40. The number of anilines is 4. The highest BCUT2D eigenvalue weighted by molar-refractivity contribution is 7.84. The van der Waals surface area contributed by atoms with Gasteiger partial charge in [0.2, 0.25) is 5.95 Å².